The molecule has 0 aliphatic carbocycles. The van der Waals surface area contributed by atoms with E-state index in [4.69, 9.17) is 21.1 Å². The fourth-order valence-electron chi connectivity index (χ4n) is 3.96. The fraction of sp³-hybridized carbons (Fsp3) is 0.167. The average molecular weight is 581 g/mol. The monoisotopic (exact) mass is 580 g/mol. The summed E-state index contributed by atoms with van der Waals surface area (Å²) >= 11 is 7.02. The van der Waals surface area contributed by atoms with Crippen molar-refractivity contribution in [2.45, 2.75) is 20.0 Å². The summed E-state index contributed by atoms with van der Waals surface area (Å²) in [6, 6.07) is 16.3. The van der Waals surface area contributed by atoms with Crippen molar-refractivity contribution in [3.05, 3.63) is 106 Å². The maximum absolute atomic E-state index is 13.4. The lowest BCUT2D eigenvalue weighted by molar-refractivity contribution is -0.127. The van der Waals surface area contributed by atoms with E-state index in [9.17, 15) is 18.8 Å². The molecule has 1 heterocycles. The maximum atomic E-state index is 13.4. The van der Waals surface area contributed by atoms with Crippen molar-refractivity contribution in [2.24, 2.45) is 0 Å². The van der Waals surface area contributed by atoms with Gasteiger partial charge in [0.1, 0.15) is 19.0 Å². The van der Waals surface area contributed by atoms with Crippen LogP contribution < -0.4 is 14.8 Å². The number of benzene rings is 3. The van der Waals surface area contributed by atoms with Gasteiger partial charge < -0.3 is 14.8 Å². The van der Waals surface area contributed by atoms with Gasteiger partial charge >= 0.3 is 0 Å². The molecule has 0 radical (unpaired) electrons. The maximum Gasteiger partial charge on any atom is 0.294 e. The number of allylic oxidation sites excluding steroid dienone is 1. The van der Waals surface area contributed by atoms with Crippen molar-refractivity contribution in [3.63, 3.8) is 0 Å². The second-order valence-corrected chi connectivity index (χ2v) is 10.0. The summed E-state index contributed by atoms with van der Waals surface area (Å²) in [7, 11) is 0. The molecule has 0 saturated carbocycles. The first kappa shape index (κ1) is 28.9. The van der Waals surface area contributed by atoms with E-state index in [2.05, 4.69) is 11.9 Å². The molecule has 0 unspecified atom stereocenters. The van der Waals surface area contributed by atoms with Gasteiger partial charge in [0.25, 0.3) is 11.1 Å². The molecule has 0 bridgehead atoms. The Morgan fingerprint density at radius 1 is 1.10 bits per heavy atom. The van der Waals surface area contributed by atoms with Gasteiger partial charge in [-0.2, -0.15) is 0 Å². The first-order valence-electron chi connectivity index (χ1n) is 12.4. The highest BCUT2D eigenvalue weighted by Crippen LogP contribution is 2.38. The molecule has 7 nitrogen and oxygen atoms in total. The normalized spacial score (nSPS) is 14.0. The quantitative estimate of drug-likeness (QED) is 0.197. The SMILES string of the molecule is C=CCc1cc(/C=C2/SC(=O)N(CC(=O)Nc3cccc(F)c3)C2=O)cc(OCC)c1OCc1ccccc1Cl. The number of hydrogen-bond donors (Lipinski definition) is 1. The zero-order valence-electron chi connectivity index (χ0n) is 21.6. The zero-order valence-corrected chi connectivity index (χ0v) is 23.2. The number of anilines is 1. The van der Waals surface area contributed by atoms with Crippen molar-refractivity contribution >= 4 is 52.2 Å². The second-order valence-electron chi connectivity index (χ2n) is 8.64. The van der Waals surface area contributed by atoms with E-state index in [1.165, 1.54) is 18.2 Å². The second kappa shape index (κ2) is 13.3. The molecule has 1 aliphatic heterocycles. The van der Waals surface area contributed by atoms with Gasteiger partial charge in [0.2, 0.25) is 5.91 Å². The van der Waals surface area contributed by atoms with Crippen LogP contribution in [0, 0.1) is 5.82 Å². The molecule has 3 amide bonds. The molecule has 0 aromatic heterocycles. The molecule has 3 aromatic rings. The minimum Gasteiger partial charge on any atom is -0.490 e. The van der Waals surface area contributed by atoms with E-state index in [-0.39, 0.29) is 17.2 Å². The number of hydrogen-bond acceptors (Lipinski definition) is 6. The Bertz CT molecular complexity index is 1490. The third-order valence-electron chi connectivity index (χ3n) is 5.73. The van der Waals surface area contributed by atoms with Crippen LogP contribution in [-0.4, -0.2) is 35.1 Å². The average Bonchev–Trinajstić information content (AvgIpc) is 3.16. The highest BCUT2D eigenvalue weighted by molar-refractivity contribution is 8.18. The van der Waals surface area contributed by atoms with Crippen LogP contribution in [0.5, 0.6) is 11.5 Å². The van der Waals surface area contributed by atoms with Crippen LogP contribution in [-0.2, 0) is 22.6 Å². The van der Waals surface area contributed by atoms with Crippen molar-refractivity contribution in [1.82, 2.24) is 4.90 Å². The number of thioether (sulfide) groups is 1. The summed E-state index contributed by atoms with van der Waals surface area (Å²) in [4.78, 5) is 39.1. The number of nitrogens with zero attached hydrogens (tertiary/aromatic N) is 1. The minimum atomic E-state index is -0.624. The number of imide groups is 1. The summed E-state index contributed by atoms with van der Waals surface area (Å²) in [6.07, 6.45) is 3.76. The van der Waals surface area contributed by atoms with Crippen LogP contribution in [0.4, 0.5) is 14.9 Å². The number of ether oxygens (including phenoxy) is 2. The molecule has 1 aliphatic rings. The van der Waals surface area contributed by atoms with E-state index in [0.29, 0.717) is 35.1 Å². The molecule has 206 valence electrons. The molecule has 0 spiro atoms. The summed E-state index contributed by atoms with van der Waals surface area (Å²) in [5.74, 6) is -0.753. The van der Waals surface area contributed by atoms with Gasteiger partial charge in [-0.05, 0) is 73.1 Å². The van der Waals surface area contributed by atoms with E-state index in [1.54, 1.807) is 24.3 Å². The molecular weight excluding hydrogens is 555 g/mol. The zero-order chi connectivity index (χ0) is 28.6. The first-order chi connectivity index (χ1) is 19.3. The smallest absolute Gasteiger partial charge is 0.294 e. The van der Waals surface area contributed by atoms with Gasteiger partial charge in [-0.1, -0.05) is 41.9 Å². The lowest BCUT2D eigenvalue weighted by Gasteiger charge is -2.17. The topological polar surface area (TPSA) is 84.9 Å². The van der Waals surface area contributed by atoms with Gasteiger partial charge in [0.05, 0.1) is 11.5 Å². The van der Waals surface area contributed by atoms with Gasteiger partial charge in [-0.15, -0.1) is 6.58 Å². The van der Waals surface area contributed by atoms with E-state index in [0.717, 1.165) is 33.9 Å². The van der Waals surface area contributed by atoms with Crippen molar-refractivity contribution in [2.75, 3.05) is 18.5 Å². The molecule has 4 rings (SSSR count). The molecule has 10 heteroatoms. The number of amides is 3. The van der Waals surface area contributed by atoms with Crippen LogP contribution in [0.3, 0.4) is 0 Å². The largest absolute Gasteiger partial charge is 0.490 e. The number of halogens is 2. The van der Waals surface area contributed by atoms with Gasteiger partial charge in [0.15, 0.2) is 11.5 Å². The molecular formula is C30H26ClFN2O5S. The number of carbonyl (C=O) groups excluding carboxylic acids is 3. The molecule has 1 saturated heterocycles. The highest BCUT2D eigenvalue weighted by Gasteiger charge is 2.36. The lowest BCUT2D eigenvalue weighted by Crippen LogP contribution is -2.36. The predicted octanol–water partition coefficient (Wildman–Crippen LogP) is 6.86. The number of rotatable bonds is 11. The standard InChI is InChI=1S/C30H26ClFN2O5S/c1-3-8-20-13-19(14-25(38-4-2)28(20)39-18-21-9-5-6-12-24(21)31)15-26-29(36)34(30(37)40-26)17-27(35)33-23-11-7-10-22(32)16-23/h3,5-7,9-16H,1,4,8,17-18H2,2H3,(H,33,35)/b26-15+. The Labute approximate surface area is 240 Å². The third-order valence-corrected chi connectivity index (χ3v) is 7.01. The Morgan fingerprint density at radius 2 is 1.90 bits per heavy atom. The Balaban J connectivity index is 1.55. The molecule has 3 aromatic carbocycles. The van der Waals surface area contributed by atoms with E-state index in [1.807, 2.05) is 31.2 Å². The van der Waals surface area contributed by atoms with Crippen molar-refractivity contribution in [3.8, 4) is 11.5 Å². The molecule has 1 fully saturated rings. The van der Waals surface area contributed by atoms with Crippen LogP contribution in [0.1, 0.15) is 23.6 Å². The number of carbonyl (C=O) groups is 3. The first-order valence-corrected chi connectivity index (χ1v) is 13.6. The fourth-order valence-corrected chi connectivity index (χ4v) is 4.99. The van der Waals surface area contributed by atoms with E-state index >= 15 is 0 Å². The van der Waals surface area contributed by atoms with Crippen molar-refractivity contribution in [1.29, 1.82) is 0 Å². The summed E-state index contributed by atoms with van der Waals surface area (Å²) in [6.45, 7) is 5.77. The van der Waals surface area contributed by atoms with Crippen LogP contribution in [0.25, 0.3) is 6.08 Å². The molecule has 40 heavy (non-hydrogen) atoms. The number of nitrogens with one attached hydrogen (secondary N) is 1. The van der Waals surface area contributed by atoms with Crippen LogP contribution in [0.15, 0.2) is 78.2 Å². The van der Waals surface area contributed by atoms with Gasteiger partial charge in [-0.25, -0.2) is 4.39 Å². The van der Waals surface area contributed by atoms with E-state index < -0.39 is 29.4 Å². The van der Waals surface area contributed by atoms with Crippen LogP contribution >= 0.6 is 23.4 Å². The van der Waals surface area contributed by atoms with Gasteiger partial charge in [-0.3, -0.25) is 19.3 Å². The summed E-state index contributed by atoms with van der Waals surface area (Å²) < 4.78 is 25.4. The molecule has 1 N–H and O–H groups in total. The Hall–Kier alpha value is -4.08. The minimum absolute atomic E-state index is 0.153. The summed E-state index contributed by atoms with van der Waals surface area (Å²) in [5, 5.41) is 2.49. The Kier molecular flexibility index (Phi) is 9.63. The van der Waals surface area contributed by atoms with Crippen LogP contribution in [0.2, 0.25) is 5.02 Å². The summed E-state index contributed by atoms with van der Waals surface area (Å²) in [5.41, 5.74) is 2.42. The van der Waals surface area contributed by atoms with Crippen molar-refractivity contribution < 1.29 is 28.2 Å². The Morgan fingerprint density at radius 3 is 2.62 bits per heavy atom. The molecule has 0 atom stereocenters. The van der Waals surface area contributed by atoms with Gasteiger partial charge in [0, 0.05) is 21.8 Å². The highest BCUT2D eigenvalue weighted by atomic mass is 35.5. The predicted molar refractivity (Wildman–Crippen MR) is 155 cm³/mol. The lowest BCUT2D eigenvalue weighted by atomic mass is 10.0. The third kappa shape index (κ3) is 7.11.